The Bertz CT molecular complexity index is 1140. The smallest absolute Gasteiger partial charge is 0.227 e. The molecule has 0 spiro atoms. The number of ether oxygens (including phenoxy) is 1. The zero-order valence-corrected chi connectivity index (χ0v) is 16.6. The largest absolute Gasteiger partial charge is 0.457 e. The van der Waals surface area contributed by atoms with E-state index in [-0.39, 0.29) is 5.91 Å². The van der Waals surface area contributed by atoms with Crippen LogP contribution in [0.5, 0.6) is 11.5 Å². The summed E-state index contributed by atoms with van der Waals surface area (Å²) in [5, 5.41) is 3.46. The highest BCUT2D eigenvalue weighted by Gasteiger charge is 2.10. The van der Waals surface area contributed by atoms with E-state index in [1.54, 1.807) is 12.1 Å². The van der Waals surface area contributed by atoms with Crippen molar-refractivity contribution in [3.05, 3.63) is 77.3 Å². The van der Waals surface area contributed by atoms with E-state index in [0.717, 1.165) is 23.1 Å². The van der Waals surface area contributed by atoms with Crippen LogP contribution in [0, 0.1) is 0 Å². The first kappa shape index (κ1) is 19.0. The molecule has 0 radical (unpaired) electrons. The van der Waals surface area contributed by atoms with E-state index in [0.29, 0.717) is 34.5 Å². The Morgan fingerprint density at radius 2 is 1.76 bits per heavy atom. The fraction of sp³-hybridized carbons (Fsp3) is 0.130. The number of halogens is 1. The minimum atomic E-state index is -0.0208. The number of fused-ring (bicyclic) bond motifs is 1. The third-order valence-corrected chi connectivity index (χ3v) is 4.65. The number of carbonyl (C=O) groups is 1. The third-order valence-electron chi connectivity index (χ3n) is 4.40. The van der Waals surface area contributed by atoms with E-state index in [1.807, 2.05) is 54.6 Å². The molecule has 0 fully saturated rings. The topological polar surface area (TPSA) is 64.4 Å². The van der Waals surface area contributed by atoms with Gasteiger partial charge in [-0.1, -0.05) is 23.7 Å². The lowest BCUT2D eigenvalue weighted by atomic mass is 10.1. The Kier molecular flexibility index (Phi) is 5.49. The number of oxazole rings is 1. The molecule has 1 amide bonds. The van der Waals surface area contributed by atoms with E-state index in [9.17, 15) is 4.79 Å². The van der Waals surface area contributed by atoms with Crippen LogP contribution < -0.4 is 10.1 Å². The summed E-state index contributed by atoms with van der Waals surface area (Å²) in [5.41, 5.74) is 3.45. The second-order valence-electron chi connectivity index (χ2n) is 6.63. The molecule has 6 heteroatoms. The van der Waals surface area contributed by atoms with Crippen LogP contribution >= 0.6 is 11.6 Å². The highest BCUT2D eigenvalue weighted by molar-refractivity contribution is 6.30. The van der Waals surface area contributed by atoms with Crippen molar-refractivity contribution >= 4 is 28.6 Å². The lowest BCUT2D eigenvalue weighted by Gasteiger charge is -2.04. The monoisotopic (exact) mass is 406 g/mol. The van der Waals surface area contributed by atoms with Crippen LogP contribution in [0.1, 0.15) is 12.5 Å². The summed E-state index contributed by atoms with van der Waals surface area (Å²) in [4.78, 5) is 15.5. The number of amides is 1. The fourth-order valence-corrected chi connectivity index (χ4v) is 3.06. The highest BCUT2D eigenvalue weighted by Crippen LogP contribution is 2.29. The highest BCUT2D eigenvalue weighted by atomic mass is 35.5. The quantitative estimate of drug-likeness (QED) is 0.451. The van der Waals surface area contributed by atoms with Crippen LogP contribution in [0.4, 0.5) is 0 Å². The molecular formula is C23H19ClN2O3. The first-order valence-electron chi connectivity index (χ1n) is 9.24. The molecule has 0 unspecified atom stereocenters. The molecule has 3 aromatic carbocycles. The maximum Gasteiger partial charge on any atom is 0.227 e. The van der Waals surface area contributed by atoms with Crippen molar-refractivity contribution < 1.29 is 13.9 Å². The first-order chi connectivity index (χ1) is 14.1. The van der Waals surface area contributed by atoms with Crippen LogP contribution in [0.3, 0.4) is 0 Å². The molecule has 0 atom stereocenters. The predicted octanol–water partition coefficient (Wildman–Crippen LogP) is 5.62. The van der Waals surface area contributed by atoms with Crippen molar-refractivity contribution in [2.45, 2.75) is 13.3 Å². The zero-order chi connectivity index (χ0) is 20.2. The molecule has 0 aliphatic rings. The average molecular weight is 407 g/mol. The van der Waals surface area contributed by atoms with Gasteiger partial charge in [0.15, 0.2) is 5.58 Å². The molecule has 1 N–H and O–H groups in total. The Morgan fingerprint density at radius 3 is 2.48 bits per heavy atom. The number of carbonyl (C=O) groups excluding carboxylic acids is 1. The standard InChI is InChI=1S/C23H19ClN2O3/c1-15(27)25-13-12-16-2-4-17(5-3-16)23-26-21-14-20(10-11-22(21)29-23)28-19-8-6-18(24)7-9-19/h2-11,14H,12-13H2,1H3,(H,25,27). The summed E-state index contributed by atoms with van der Waals surface area (Å²) in [5.74, 6) is 1.91. The van der Waals surface area contributed by atoms with Gasteiger partial charge in [-0.2, -0.15) is 0 Å². The number of nitrogens with zero attached hydrogens (tertiary/aromatic N) is 1. The predicted molar refractivity (Wildman–Crippen MR) is 113 cm³/mol. The molecule has 5 nitrogen and oxygen atoms in total. The summed E-state index contributed by atoms with van der Waals surface area (Å²) in [6.07, 6.45) is 0.777. The van der Waals surface area contributed by atoms with Gasteiger partial charge in [-0.05, 0) is 60.5 Å². The zero-order valence-electron chi connectivity index (χ0n) is 15.8. The van der Waals surface area contributed by atoms with Crippen LogP contribution in [0.2, 0.25) is 5.02 Å². The molecule has 29 heavy (non-hydrogen) atoms. The van der Waals surface area contributed by atoms with Gasteiger partial charge in [-0.25, -0.2) is 4.98 Å². The van der Waals surface area contributed by atoms with Crippen molar-refractivity contribution in [2.24, 2.45) is 0 Å². The Labute approximate surface area is 173 Å². The minimum absolute atomic E-state index is 0.0208. The summed E-state index contributed by atoms with van der Waals surface area (Å²) in [6, 6.07) is 20.7. The van der Waals surface area contributed by atoms with Crippen LogP contribution in [0.15, 0.2) is 71.1 Å². The van der Waals surface area contributed by atoms with Crippen molar-refractivity contribution in [1.82, 2.24) is 10.3 Å². The van der Waals surface area contributed by atoms with E-state index in [2.05, 4.69) is 10.3 Å². The maximum absolute atomic E-state index is 11.0. The molecule has 146 valence electrons. The fourth-order valence-electron chi connectivity index (χ4n) is 2.93. The molecule has 4 rings (SSSR count). The van der Waals surface area contributed by atoms with Gasteiger partial charge in [0.25, 0.3) is 0 Å². The van der Waals surface area contributed by atoms with Gasteiger partial charge >= 0.3 is 0 Å². The van der Waals surface area contributed by atoms with E-state index in [1.165, 1.54) is 6.92 Å². The molecular weight excluding hydrogens is 388 g/mol. The molecule has 0 bridgehead atoms. The summed E-state index contributed by atoms with van der Waals surface area (Å²) in [7, 11) is 0. The Hall–Kier alpha value is -3.31. The van der Waals surface area contributed by atoms with Crippen molar-refractivity contribution in [3.8, 4) is 23.0 Å². The molecule has 0 aliphatic carbocycles. The molecule has 4 aromatic rings. The third kappa shape index (κ3) is 4.76. The average Bonchev–Trinajstić information content (AvgIpc) is 3.13. The SMILES string of the molecule is CC(=O)NCCc1ccc(-c2nc3cc(Oc4ccc(Cl)cc4)ccc3o2)cc1. The van der Waals surface area contributed by atoms with Gasteiger partial charge in [0, 0.05) is 30.1 Å². The van der Waals surface area contributed by atoms with Gasteiger partial charge in [0.2, 0.25) is 11.8 Å². The Morgan fingerprint density at radius 1 is 1.03 bits per heavy atom. The molecule has 1 heterocycles. The van der Waals surface area contributed by atoms with Crippen molar-refractivity contribution in [3.63, 3.8) is 0 Å². The Balaban J connectivity index is 1.49. The molecule has 0 saturated heterocycles. The number of aromatic nitrogens is 1. The summed E-state index contributed by atoms with van der Waals surface area (Å²) in [6.45, 7) is 2.14. The lowest BCUT2D eigenvalue weighted by molar-refractivity contribution is -0.118. The number of nitrogens with one attached hydrogen (secondary N) is 1. The number of benzene rings is 3. The summed E-state index contributed by atoms with van der Waals surface area (Å²) < 4.78 is 11.7. The molecule has 0 saturated carbocycles. The van der Waals surface area contributed by atoms with E-state index < -0.39 is 0 Å². The normalized spacial score (nSPS) is 10.8. The molecule has 1 aromatic heterocycles. The van der Waals surface area contributed by atoms with Crippen molar-refractivity contribution in [1.29, 1.82) is 0 Å². The van der Waals surface area contributed by atoms with Crippen LogP contribution in [-0.2, 0) is 11.2 Å². The van der Waals surface area contributed by atoms with Crippen LogP contribution in [0.25, 0.3) is 22.6 Å². The van der Waals surface area contributed by atoms with Crippen LogP contribution in [-0.4, -0.2) is 17.4 Å². The van der Waals surface area contributed by atoms with Gasteiger partial charge in [0.1, 0.15) is 17.0 Å². The van der Waals surface area contributed by atoms with E-state index in [4.69, 9.17) is 20.8 Å². The summed E-state index contributed by atoms with van der Waals surface area (Å²) >= 11 is 5.91. The number of hydrogen-bond acceptors (Lipinski definition) is 4. The molecule has 0 aliphatic heterocycles. The van der Waals surface area contributed by atoms with Gasteiger partial charge in [-0.3, -0.25) is 4.79 Å². The second kappa shape index (κ2) is 8.37. The van der Waals surface area contributed by atoms with E-state index >= 15 is 0 Å². The lowest BCUT2D eigenvalue weighted by Crippen LogP contribution is -2.22. The maximum atomic E-state index is 11.0. The first-order valence-corrected chi connectivity index (χ1v) is 9.62. The number of rotatable bonds is 6. The number of hydrogen-bond donors (Lipinski definition) is 1. The van der Waals surface area contributed by atoms with Gasteiger partial charge in [-0.15, -0.1) is 0 Å². The van der Waals surface area contributed by atoms with Gasteiger partial charge < -0.3 is 14.5 Å². The minimum Gasteiger partial charge on any atom is -0.457 e. The van der Waals surface area contributed by atoms with Gasteiger partial charge in [0.05, 0.1) is 0 Å². The van der Waals surface area contributed by atoms with Crippen molar-refractivity contribution in [2.75, 3.05) is 6.54 Å². The second-order valence-corrected chi connectivity index (χ2v) is 7.07.